The third-order valence-electron chi connectivity index (χ3n) is 6.23. The Morgan fingerprint density at radius 1 is 0.893 bits per heavy atom. The fourth-order valence-electron chi connectivity index (χ4n) is 4.89. The Morgan fingerprint density at radius 2 is 1.61 bits per heavy atom. The third kappa shape index (κ3) is 2.28. The van der Waals surface area contributed by atoms with E-state index in [1.165, 1.54) is 0 Å². The SMILES string of the molecule is COc1ccc2c3c(c4cc(OC)c(OC)cc4c2c1)C[C@@H]1CCCN1C3=O. The van der Waals surface area contributed by atoms with E-state index in [0.717, 1.165) is 64.2 Å². The van der Waals surface area contributed by atoms with E-state index in [2.05, 4.69) is 4.90 Å². The lowest BCUT2D eigenvalue weighted by Crippen LogP contribution is -2.41. The van der Waals surface area contributed by atoms with E-state index in [1.807, 2.05) is 30.3 Å². The Balaban J connectivity index is 1.93. The fourth-order valence-corrected chi connectivity index (χ4v) is 4.89. The van der Waals surface area contributed by atoms with Crippen LogP contribution in [-0.2, 0) is 6.42 Å². The second-order valence-electron chi connectivity index (χ2n) is 7.52. The summed E-state index contributed by atoms with van der Waals surface area (Å²) >= 11 is 0. The number of ether oxygens (including phenoxy) is 3. The van der Waals surface area contributed by atoms with Gasteiger partial charge in [-0.2, -0.15) is 0 Å². The first-order valence-electron chi connectivity index (χ1n) is 9.65. The highest BCUT2D eigenvalue weighted by molar-refractivity contribution is 6.20. The van der Waals surface area contributed by atoms with Crippen LogP contribution in [0, 0.1) is 0 Å². The van der Waals surface area contributed by atoms with Crippen molar-refractivity contribution < 1.29 is 19.0 Å². The maximum Gasteiger partial charge on any atom is 0.255 e. The normalized spacial score (nSPS) is 18.3. The lowest BCUT2D eigenvalue weighted by Gasteiger charge is -2.33. The van der Waals surface area contributed by atoms with Gasteiger partial charge in [-0.25, -0.2) is 0 Å². The highest BCUT2D eigenvalue weighted by Gasteiger charge is 2.37. The predicted octanol–water partition coefficient (Wildman–Crippen LogP) is 4.18. The van der Waals surface area contributed by atoms with Gasteiger partial charge in [0.15, 0.2) is 11.5 Å². The Labute approximate surface area is 163 Å². The van der Waals surface area contributed by atoms with Gasteiger partial charge in [0.2, 0.25) is 0 Å². The van der Waals surface area contributed by atoms with Crippen molar-refractivity contribution >= 4 is 27.5 Å². The van der Waals surface area contributed by atoms with Crippen LogP contribution < -0.4 is 14.2 Å². The molecule has 0 N–H and O–H groups in total. The Bertz CT molecular complexity index is 1120. The molecule has 0 bridgehead atoms. The van der Waals surface area contributed by atoms with Gasteiger partial charge < -0.3 is 19.1 Å². The molecule has 0 unspecified atom stereocenters. The number of carbonyl (C=O) groups is 1. The molecule has 1 atom stereocenters. The molecule has 3 aromatic carbocycles. The van der Waals surface area contributed by atoms with Crippen molar-refractivity contribution in [1.82, 2.24) is 4.90 Å². The summed E-state index contributed by atoms with van der Waals surface area (Å²) in [5.74, 6) is 2.28. The van der Waals surface area contributed by atoms with E-state index in [0.29, 0.717) is 17.5 Å². The average molecular weight is 377 g/mol. The van der Waals surface area contributed by atoms with Gasteiger partial charge in [-0.05, 0) is 76.7 Å². The van der Waals surface area contributed by atoms with Crippen LogP contribution in [0.2, 0.25) is 0 Å². The van der Waals surface area contributed by atoms with Crippen molar-refractivity contribution in [2.75, 3.05) is 27.9 Å². The lowest BCUT2D eigenvalue weighted by molar-refractivity contribution is 0.0717. The first-order valence-corrected chi connectivity index (χ1v) is 9.65. The summed E-state index contributed by atoms with van der Waals surface area (Å²) in [4.78, 5) is 15.5. The summed E-state index contributed by atoms with van der Waals surface area (Å²) in [6.45, 7) is 0.852. The van der Waals surface area contributed by atoms with Crippen molar-refractivity contribution in [1.29, 1.82) is 0 Å². The molecule has 5 heteroatoms. The molecule has 0 aromatic heterocycles. The minimum Gasteiger partial charge on any atom is -0.497 e. The molecule has 5 nitrogen and oxygen atoms in total. The summed E-state index contributed by atoms with van der Waals surface area (Å²) in [6, 6.07) is 10.3. The standard InChI is InChI=1S/C23H23NO4/c1-26-14-6-7-15-16(10-14)17-11-20(27-2)21(28-3)12-18(17)19-9-13-5-4-8-24(13)23(25)22(15)19/h6-7,10-13H,4-5,8-9H2,1-3H3/t13-/m0/s1. The topological polar surface area (TPSA) is 48.0 Å². The highest BCUT2D eigenvalue weighted by Crippen LogP contribution is 2.44. The van der Waals surface area contributed by atoms with Crippen molar-refractivity contribution in [3.8, 4) is 17.2 Å². The third-order valence-corrected chi connectivity index (χ3v) is 6.23. The zero-order valence-electron chi connectivity index (χ0n) is 16.4. The van der Waals surface area contributed by atoms with Gasteiger partial charge in [-0.15, -0.1) is 0 Å². The maximum atomic E-state index is 13.4. The van der Waals surface area contributed by atoms with Crippen molar-refractivity contribution in [2.45, 2.75) is 25.3 Å². The number of amides is 1. The molecule has 144 valence electrons. The van der Waals surface area contributed by atoms with E-state index in [1.54, 1.807) is 21.3 Å². The molecule has 0 spiro atoms. The minimum atomic E-state index is 0.149. The minimum absolute atomic E-state index is 0.149. The molecule has 28 heavy (non-hydrogen) atoms. The van der Waals surface area contributed by atoms with E-state index < -0.39 is 0 Å². The number of carbonyl (C=O) groups excluding carboxylic acids is 1. The molecule has 2 heterocycles. The van der Waals surface area contributed by atoms with Crippen LogP contribution in [0.5, 0.6) is 17.2 Å². The van der Waals surface area contributed by atoms with Crippen LogP contribution in [0.25, 0.3) is 21.5 Å². The average Bonchev–Trinajstić information content (AvgIpc) is 3.21. The van der Waals surface area contributed by atoms with Gasteiger partial charge in [0.1, 0.15) is 5.75 Å². The smallest absolute Gasteiger partial charge is 0.255 e. The lowest BCUT2D eigenvalue weighted by atomic mass is 9.84. The summed E-state index contributed by atoms with van der Waals surface area (Å²) in [5, 5.41) is 4.10. The molecule has 2 aliphatic heterocycles. The van der Waals surface area contributed by atoms with Crippen LogP contribution in [-0.4, -0.2) is 44.7 Å². The van der Waals surface area contributed by atoms with E-state index in [4.69, 9.17) is 14.2 Å². The van der Waals surface area contributed by atoms with E-state index in [9.17, 15) is 4.79 Å². The molecule has 0 aliphatic carbocycles. The molecule has 0 radical (unpaired) electrons. The molecular weight excluding hydrogens is 354 g/mol. The monoisotopic (exact) mass is 377 g/mol. The first kappa shape index (κ1) is 17.2. The van der Waals surface area contributed by atoms with E-state index >= 15 is 0 Å². The van der Waals surface area contributed by atoms with Crippen LogP contribution in [0.1, 0.15) is 28.8 Å². The predicted molar refractivity (Wildman–Crippen MR) is 109 cm³/mol. The van der Waals surface area contributed by atoms with Crippen molar-refractivity contribution in [3.63, 3.8) is 0 Å². The van der Waals surface area contributed by atoms with Gasteiger partial charge in [-0.1, -0.05) is 0 Å². The Kier molecular flexibility index (Phi) is 3.86. The van der Waals surface area contributed by atoms with Crippen LogP contribution in [0.4, 0.5) is 0 Å². The van der Waals surface area contributed by atoms with Crippen molar-refractivity contribution in [3.05, 3.63) is 41.5 Å². The number of nitrogens with zero attached hydrogens (tertiary/aromatic N) is 1. The number of hydrogen-bond donors (Lipinski definition) is 0. The maximum absolute atomic E-state index is 13.4. The highest BCUT2D eigenvalue weighted by atomic mass is 16.5. The van der Waals surface area contributed by atoms with Crippen molar-refractivity contribution in [2.24, 2.45) is 0 Å². The second kappa shape index (κ2) is 6.30. The quantitative estimate of drug-likeness (QED) is 0.643. The zero-order valence-corrected chi connectivity index (χ0v) is 16.4. The summed E-state index contributed by atoms with van der Waals surface area (Å²) < 4.78 is 16.6. The molecule has 5 rings (SSSR count). The molecule has 3 aromatic rings. The number of methoxy groups -OCH3 is 3. The number of hydrogen-bond acceptors (Lipinski definition) is 4. The van der Waals surface area contributed by atoms with Crippen LogP contribution in [0.15, 0.2) is 30.3 Å². The largest absolute Gasteiger partial charge is 0.497 e. The first-order chi connectivity index (χ1) is 13.7. The second-order valence-corrected chi connectivity index (χ2v) is 7.52. The molecular formula is C23H23NO4. The fraction of sp³-hybridized carbons (Fsp3) is 0.348. The van der Waals surface area contributed by atoms with Gasteiger partial charge in [0, 0.05) is 12.6 Å². The van der Waals surface area contributed by atoms with Gasteiger partial charge >= 0.3 is 0 Å². The Hall–Kier alpha value is -2.95. The number of rotatable bonds is 3. The molecule has 0 saturated carbocycles. The van der Waals surface area contributed by atoms with E-state index in [-0.39, 0.29) is 5.91 Å². The molecule has 1 saturated heterocycles. The summed E-state index contributed by atoms with van der Waals surface area (Å²) in [7, 11) is 4.94. The summed E-state index contributed by atoms with van der Waals surface area (Å²) in [6.07, 6.45) is 3.03. The van der Waals surface area contributed by atoms with Gasteiger partial charge in [-0.3, -0.25) is 4.79 Å². The molecule has 2 aliphatic rings. The van der Waals surface area contributed by atoms with Crippen LogP contribution in [0.3, 0.4) is 0 Å². The number of benzene rings is 3. The molecule has 1 amide bonds. The number of fused-ring (bicyclic) bond motifs is 7. The zero-order chi connectivity index (χ0) is 19.4. The molecule has 1 fully saturated rings. The Morgan fingerprint density at radius 3 is 2.32 bits per heavy atom. The van der Waals surface area contributed by atoms with Gasteiger partial charge in [0.05, 0.1) is 26.9 Å². The van der Waals surface area contributed by atoms with Gasteiger partial charge in [0.25, 0.3) is 5.91 Å². The van der Waals surface area contributed by atoms with Crippen LogP contribution >= 0.6 is 0 Å². The summed E-state index contributed by atoms with van der Waals surface area (Å²) in [5.41, 5.74) is 1.96.